The molecule has 0 saturated carbocycles. The molecule has 1 N–H and O–H groups in total. The van der Waals surface area contributed by atoms with Crippen molar-refractivity contribution in [3.05, 3.63) is 35.2 Å². The van der Waals surface area contributed by atoms with Gasteiger partial charge in [0.25, 0.3) is 0 Å². The molecule has 1 aromatic carbocycles. The molecule has 0 fully saturated rings. The van der Waals surface area contributed by atoms with Crippen LogP contribution in [-0.4, -0.2) is 23.2 Å². The van der Waals surface area contributed by atoms with Crippen molar-refractivity contribution in [2.75, 3.05) is 7.05 Å². The average molecular weight is 266 g/mol. The number of nitrogens with zero attached hydrogens (tertiary/aromatic N) is 2. The minimum atomic E-state index is 0.364. The van der Waals surface area contributed by atoms with Crippen molar-refractivity contribution in [3.8, 4) is 11.4 Å². The fourth-order valence-electron chi connectivity index (χ4n) is 1.72. The van der Waals surface area contributed by atoms with Crippen LogP contribution < -0.4 is 5.32 Å². The highest BCUT2D eigenvalue weighted by Crippen LogP contribution is 2.19. The summed E-state index contributed by atoms with van der Waals surface area (Å²) in [5.41, 5.74) is 0.909. The molecular weight excluding hydrogens is 250 g/mol. The summed E-state index contributed by atoms with van der Waals surface area (Å²) in [6, 6.07) is 7.76. The maximum atomic E-state index is 5.84. The minimum absolute atomic E-state index is 0.364. The molecule has 0 amide bonds. The third-order valence-corrected chi connectivity index (χ3v) is 3.14. The largest absolute Gasteiger partial charge is 0.339 e. The fraction of sp³-hybridized carbons (Fsp3) is 0.385. The first kappa shape index (κ1) is 13.1. The second-order valence-corrected chi connectivity index (χ2v) is 4.55. The highest BCUT2D eigenvalue weighted by atomic mass is 35.5. The highest BCUT2D eigenvalue weighted by Gasteiger charge is 2.12. The van der Waals surface area contributed by atoms with E-state index in [1.165, 1.54) is 0 Å². The second-order valence-electron chi connectivity index (χ2n) is 4.12. The summed E-state index contributed by atoms with van der Waals surface area (Å²) < 4.78 is 5.25. The number of benzene rings is 1. The van der Waals surface area contributed by atoms with Gasteiger partial charge in [-0.05, 0) is 37.7 Å². The molecule has 4 nitrogen and oxygen atoms in total. The molecule has 1 heterocycles. The Balaban J connectivity index is 2.12. The van der Waals surface area contributed by atoms with Gasteiger partial charge in [-0.15, -0.1) is 0 Å². The molecular formula is C13H16ClN3O. The number of rotatable bonds is 5. The Morgan fingerprint density at radius 3 is 2.67 bits per heavy atom. The van der Waals surface area contributed by atoms with Crippen molar-refractivity contribution >= 4 is 11.6 Å². The highest BCUT2D eigenvalue weighted by molar-refractivity contribution is 6.30. The van der Waals surface area contributed by atoms with E-state index < -0.39 is 0 Å². The van der Waals surface area contributed by atoms with Gasteiger partial charge in [-0.25, -0.2) is 0 Å². The topological polar surface area (TPSA) is 51.0 Å². The molecule has 2 aromatic rings. The molecule has 2 rings (SSSR count). The van der Waals surface area contributed by atoms with Crippen LogP contribution in [-0.2, 0) is 6.42 Å². The molecule has 1 unspecified atom stereocenters. The van der Waals surface area contributed by atoms with E-state index >= 15 is 0 Å². The maximum Gasteiger partial charge on any atom is 0.228 e. The minimum Gasteiger partial charge on any atom is -0.339 e. The van der Waals surface area contributed by atoms with Crippen LogP contribution in [0.15, 0.2) is 28.8 Å². The predicted molar refractivity (Wildman–Crippen MR) is 71.6 cm³/mol. The van der Waals surface area contributed by atoms with Crippen LogP contribution in [0.3, 0.4) is 0 Å². The number of hydrogen-bond acceptors (Lipinski definition) is 4. The maximum absolute atomic E-state index is 5.84. The molecule has 0 saturated heterocycles. The first-order chi connectivity index (χ1) is 8.72. The van der Waals surface area contributed by atoms with Gasteiger partial charge >= 0.3 is 0 Å². The van der Waals surface area contributed by atoms with Crippen LogP contribution >= 0.6 is 11.6 Å². The Hall–Kier alpha value is -1.39. The van der Waals surface area contributed by atoms with E-state index in [0.717, 1.165) is 18.4 Å². The third kappa shape index (κ3) is 3.09. The molecule has 0 aliphatic heterocycles. The quantitative estimate of drug-likeness (QED) is 0.903. The first-order valence-electron chi connectivity index (χ1n) is 5.98. The summed E-state index contributed by atoms with van der Waals surface area (Å²) in [6.07, 6.45) is 1.77. The zero-order valence-electron chi connectivity index (χ0n) is 10.5. The van der Waals surface area contributed by atoms with Gasteiger partial charge in [0.1, 0.15) is 0 Å². The molecule has 5 heteroatoms. The normalized spacial score (nSPS) is 12.6. The van der Waals surface area contributed by atoms with Crippen molar-refractivity contribution in [1.82, 2.24) is 15.5 Å². The van der Waals surface area contributed by atoms with Gasteiger partial charge in [-0.3, -0.25) is 0 Å². The molecule has 96 valence electrons. The molecule has 1 atom stereocenters. The number of aromatic nitrogens is 2. The third-order valence-electron chi connectivity index (χ3n) is 2.89. The Bertz CT molecular complexity index is 491. The lowest BCUT2D eigenvalue weighted by molar-refractivity contribution is 0.359. The van der Waals surface area contributed by atoms with Gasteiger partial charge in [0.15, 0.2) is 0 Å². The van der Waals surface area contributed by atoms with Gasteiger partial charge in [0.05, 0.1) is 0 Å². The predicted octanol–water partition coefficient (Wildman–Crippen LogP) is 2.93. The van der Waals surface area contributed by atoms with Gasteiger partial charge < -0.3 is 9.84 Å². The first-order valence-corrected chi connectivity index (χ1v) is 6.36. The molecule has 0 spiro atoms. The van der Waals surface area contributed by atoms with Crippen molar-refractivity contribution in [2.45, 2.75) is 25.8 Å². The van der Waals surface area contributed by atoms with Crippen LogP contribution in [0.25, 0.3) is 11.4 Å². The molecule has 0 aliphatic carbocycles. The fourth-order valence-corrected chi connectivity index (χ4v) is 1.84. The lowest BCUT2D eigenvalue weighted by atomic mass is 10.1. The van der Waals surface area contributed by atoms with E-state index in [0.29, 0.717) is 22.8 Å². The van der Waals surface area contributed by atoms with E-state index in [1.54, 1.807) is 0 Å². The number of likely N-dealkylation sites (N-methyl/N-ethyl adjacent to an activating group) is 1. The van der Waals surface area contributed by atoms with Gasteiger partial charge in [0, 0.05) is 23.0 Å². The van der Waals surface area contributed by atoms with E-state index in [2.05, 4.69) is 22.4 Å². The van der Waals surface area contributed by atoms with Crippen LogP contribution in [0.1, 0.15) is 19.2 Å². The summed E-state index contributed by atoms with van der Waals surface area (Å²) in [4.78, 5) is 4.39. The SMILES string of the molecule is CCC(Cc1nc(-c2ccc(Cl)cc2)no1)NC. The Kier molecular flexibility index (Phi) is 4.33. The van der Waals surface area contributed by atoms with Crippen LogP contribution in [0.2, 0.25) is 5.02 Å². The molecule has 0 aliphatic rings. The molecule has 0 bridgehead atoms. The Morgan fingerprint density at radius 1 is 1.33 bits per heavy atom. The standard InChI is InChI=1S/C13H16ClN3O/c1-3-11(15-2)8-12-16-13(17-18-12)9-4-6-10(14)7-5-9/h4-7,11,15H,3,8H2,1-2H3. The smallest absolute Gasteiger partial charge is 0.228 e. The summed E-state index contributed by atoms with van der Waals surface area (Å²) in [6.45, 7) is 2.12. The van der Waals surface area contributed by atoms with Gasteiger partial charge in [-0.2, -0.15) is 4.98 Å². The summed E-state index contributed by atoms with van der Waals surface area (Å²) >= 11 is 5.84. The van der Waals surface area contributed by atoms with E-state index in [4.69, 9.17) is 16.1 Å². The number of halogens is 1. The zero-order chi connectivity index (χ0) is 13.0. The van der Waals surface area contributed by atoms with Crippen LogP contribution in [0, 0.1) is 0 Å². The van der Waals surface area contributed by atoms with Crippen molar-refractivity contribution < 1.29 is 4.52 Å². The van der Waals surface area contributed by atoms with Crippen molar-refractivity contribution in [2.24, 2.45) is 0 Å². The summed E-state index contributed by atoms with van der Waals surface area (Å²) in [5, 5.41) is 7.89. The van der Waals surface area contributed by atoms with E-state index in [1.807, 2.05) is 31.3 Å². The summed E-state index contributed by atoms with van der Waals surface area (Å²) in [7, 11) is 1.94. The molecule has 18 heavy (non-hydrogen) atoms. The van der Waals surface area contributed by atoms with Crippen molar-refractivity contribution in [3.63, 3.8) is 0 Å². The van der Waals surface area contributed by atoms with Crippen molar-refractivity contribution in [1.29, 1.82) is 0 Å². The van der Waals surface area contributed by atoms with Gasteiger partial charge in [0.2, 0.25) is 11.7 Å². The monoisotopic (exact) mass is 265 g/mol. The number of nitrogens with one attached hydrogen (secondary N) is 1. The lowest BCUT2D eigenvalue weighted by Crippen LogP contribution is -2.26. The number of hydrogen-bond donors (Lipinski definition) is 1. The van der Waals surface area contributed by atoms with Crippen LogP contribution in [0.5, 0.6) is 0 Å². The second kappa shape index (κ2) is 5.98. The van der Waals surface area contributed by atoms with Gasteiger partial charge in [-0.1, -0.05) is 23.7 Å². The summed E-state index contributed by atoms with van der Waals surface area (Å²) in [5.74, 6) is 1.26. The molecule has 0 radical (unpaired) electrons. The zero-order valence-corrected chi connectivity index (χ0v) is 11.2. The van der Waals surface area contributed by atoms with E-state index in [9.17, 15) is 0 Å². The Labute approximate surface area is 111 Å². The van der Waals surface area contributed by atoms with Crippen LogP contribution in [0.4, 0.5) is 0 Å². The average Bonchev–Trinajstić information content (AvgIpc) is 2.85. The van der Waals surface area contributed by atoms with E-state index in [-0.39, 0.29) is 0 Å². The molecule has 1 aromatic heterocycles. The lowest BCUT2D eigenvalue weighted by Gasteiger charge is -2.09. The Morgan fingerprint density at radius 2 is 2.06 bits per heavy atom.